The van der Waals surface area contributed by atoms with Crippen LogP contribution in [0.5, 0.6) is 0 Å². The summed E-state index contributed by atoms with van der Waals surface area (Å²) < 4.78 is 0.965. The first-order valence-electron chi connectivity index (χ1n) is 3.24. The van der Waals surface area contributed by atoms with E-state index in [2.05, 4.69) is 20.9 Å². The molecule has 1 heterocycles. The SMILES string of the molecule is NCCc1cc(Cl)ncc1Br. The normalized spacial score (nSPS) is 10.1. The number of nitrogens with two attached hydrogens (primary N) is 1. The Labute approximate surface area is 78.9 Å². The molecule has 0 saturated heterocycles. The van der Waals surface area contributed by atoms with Gasteiger partial charge in [-0.1, -0.05) is 11.6 Å². The fraction of sp³-hybridized carbons (Fsp3) is 0.286. The summed E-state index contributed by atoms with van der Waals surface area (Å²) in [5, 5.41) is 0.511. The van der Waals surface area contributed by atoms with Gasteiger partial charge < -0.3 is 5.73 Å². The van der Waals surface area contributed by atoms with Crippen molar-refractivity contribution in [3.8, 4) is 0 Å². The molecule has 1 aromatic rings. The van der Waals surface area contributed by atoms with Crippen LogP contribution in [0.4, 0.5) is 0 Å². The first-order chi connectivity index (χ1) is 5.24. The van der Waals surface area contributed by atoms with Crippen molar-refractivity contribution in [1.82, 2.24) is 4.98 Å². The quantitative estimate of drug-likeness (QED) is 0.797. The van der Waals surface area contributed by atoms with Gasteiger partial charge in [-0.3, -0.25) is 0 Å². The zero-order valence-electron chi connectivity index (χ0n) is 5.85. The molecule has 0 radical (unpaired) electrons. The number of rotatable bonds is 2. The van der Waals surface area contributed by atoms with E-state index in [1.165, 1.54) is 0 Å². The lowest BCUT2D eigenvalue weighted by molar-refractivity contribution is 0.957. The molecule has 1 rings (SSSR count). The van der Waals surface area contributed by atoms with Gasteiger partial charge in [0.25, 0.3) is 0 Å². The molecule has 0 bridgehead atoms. The predicted octanol–water partition coefficient (Wildman–Crippen LogP) is 2.00. The Morgan fingerprint density at radius 2 is 2.36 bits per heavy atom. The zero-order valence-corrected chi connectivity index (χ0v) is 8.19. The molecular formula is C7H8BrClN2. The van der Waals surface area contributed by atoms with E-state index in [9.17, 15) is 0 Å². The minimum Gasteiger partial charge on any atom is -0.330 e. The van der Waals surface area contributed by atoms with Crippen LogP contribution in [0.3, 0.4) is 0 Å². The second-order valence-electron chi connectivity index (χ2n) is 2.14. The largest absolute Gasteiger partial charge is 0.330 e. The van der Waals surface area contributed by atoms with E-state index in [-0.39, 0.29) is 0 Å². The van der Waals surface area contributed by atoms with Gasteiger partial charge in [0, 0.05) is 10.7 Å². The van der Waals surface area contributed by atoms with Gasteiger partial charge in [-0.25, -0.2) is 4.98 Å². The number of hydrogen-bond acceptors (Lipinski definition) is 2. The van der Waals surface area contributed by atoms with Crippen LogP contribution in [0.15, 0.2) is 16.7 Å². The fourth-order valence-corrected chi connectivity index (χ4v) is 1.39. The highest BCUT2D eigenvalue weighted by atomic mass is 79.9. The lowest BCUT2D eigenvalue weighted by Crippen LogP contribution is -2.03. The van der Waals surface area contributed by atoms with Gasteiger partial charge in [0.15, 0.2) is 0 Å². The molecule has 0 aliphatic heterocycles. The Hall–Kier alpha value is -0.120. The average molecular weight is 236 g/mol. The van der Waals surface area contributed by atoms with Crippen LogP contribution in [0.25, 0.3) is 0 Å². The molecule has 4 heteroatoms. The van der Waals surface area contributed by atoms with Crippen molar-refractivity contribution < 1.29 is 0 Å². The molecule has 2 nitrogen and oxygen atoms in total. The smallest absolute Gasteiger partial charge is 0.129 e. The summed E-state index contributed by atoms with van der Waals surface area (Å²) in [6, 6.07) is 1.82. The highest BCUT2D eigenvalue weighted by Gasteiger charge is 1.99. The maximum Gasteiger partial charge on any atom is 0.129 e. The van der Waals surface area contributed by atoms with Crippen LogP contribution in [0.1, 0.15) is 5.56 Å². The Morgan fingerprint density at radius 1 is 1.64 bits per heavy atom. The summed E-state index contributed by atoms with van der Waals surface area (Å²) in [6.45, 7) is 0.624. The van der Waals surface area contributed by atoms with Gasteiger partial charge in [-0.15, -0.1) is 0 Å². The van der Waals surface area contributed by atoms with Crippen molar-refractivity contribution in [3.63, 3.8) is 0 Å². The third-order valence-corrected chi connectivity index (χ3v) is 2.24. The van der Waals surface area contributed by atoms with Crippen molar-refractivity contribution in [3.05, 3.63) is 27.5 Å². The maximum atomic E-state index is 5.68. The van der Waals surface area contributed by atoms with Gasteiger partial charge >= 0.3 is 0 Å². The monoisotopic (exact) mass is 234 g/mol. The molecule has 0 amide bonds. The van der Waals surface area contributed by atoms with Crippen molar-refractivity contribution >= 4 is 27.5 Å². The summed E-state index contributed by atoms with van der Waals surface area (Å²) in [6.07, 6.45) is 2.51. The van der Waals surface area contributed by atoms with Crippen molar-refractivity contribution in [2.75, 3.05) is 6.54 Å². The molecule has 0 saturated carbocycles. The third-order valence-electron chi connectivity index (χ3n) is 1.32. The molecule has 2 N–H and O–H groups in total. The van der Waals surface area contributed by atoms with Crippen LogP contribution in [-0.2, 0) is 6.42 Å². The average Bonchev–Trinajstić information content (AvgIpc) is 1.98. The van der Waals surface area contributed by atoms with Crippen LogP contribution < -0.4 is 5.73 Å². The third kappa shape index (κ3) is 2.43. The first-order valence-corrected chi connectivity index (χ1v) is 4.41. The number of nitrogens with zero attached hydrogens (tertiary/aromatic N) is 1. The Kier molecular flexibility index (Phi) is 3.30. The number of hydrogen-bond donors (Lipinski definition) is 1. The molecule has 11 heavy (non-hydrogen) atoms. The van der Waals surface area contributed by atoms with E-state index in [1.54, 1.807) is 6.20 Å². The molecule has 0 unspecified atom stereocenters. The zero-order chi connectivity index (χ0) is 8.27. The predicted molar refractivity (Wildman–Crippen MR) is 49.7 cm³/mol. The molecule has 0 atom stereocenters. The topological polar surface area (TPSA) is 38.9 Å². The second kappa shape index (κ2) is 4.04. The fourth-order valence-electron chi connectivity index (χ4n) is 0.798. The number of aromatic nitrogens is 1. The van der Waals surface area contributed by atoms with Gasteiger partial charge in [0.2, 0.25) is 0 Å². The first kappa shape index (κ1) is 8.97. The molecule has 0 spiro atoms. The van der Waals surface area contributed by atoms with Gasteiger partial charge in [0.1, 0.15) is 5.15 Å². The summed E-state index contributed by atoms with van der Waals surface area (Å²) in [5.41, 5.74) is 6.50. The van der Waals surface area contributed by atoms with Gasteiger partial charge in [-0.05, 0) is 40.5 Å². The van der Waals surface area contributed by atoms with E-state index in [0.29, 0.717) is 11.7 Å². The number of pyridine rings is 1. The molecule has 1 aromatic heterocycles. The molecular weight excluding hydrogens is 227 g/mol. The number of halogens is 2. The van der Waals surface area contributed by atoms with E-state index in [4.69, 9.17) is 17.3 Å². The lowest BCUT2D eigenvalue weighted by atomic mass is 10.2. The second-order valence-corrected chi connectivity index (χ2v) is 3.38. The maximum absolute atomic E-state index is 5.68. The molecule has 0 aliphatic carbocycles. The van der Waals surface area contributed by atoms with E-state index < -0.39 is 0 Å². The summed E-state index contributed by atoms with van der Waals surface area (Å²) in [4.78, 5) is 3.90. The molecule has 60 valence electrons. The summed E-state index contributed by atoms with van der Waals surface area (Å²) in [5.74, 6) is 0. The van der Waals surface area contributed by atoms with E-state index in [1.807, 2.05) is 6.07 Å². The van der Waals surface area contributed by atoms with E-state index >= 15 is 0 Å². The minimum absolute atomic E-state index is 0.511. The van der Waals surface area contributed by atoms with Crippen LogP contribution >= 0.6 is 27.5 Å². The molecule has 0 aromatic carbocycles. The Morgan fingerprint density at radius 3 is 3.00 bits per heavy atom. The van der Waals surface area contributed by atoms with Crippen molar-refractivity contribution in [2.45, 2.75) is 6.42 Å². The lowest BCUT2D eigenvalue weighted by Gasteiger charge is -2.01. The highest BCUT2D eigenvalue weighted by Crippen LogP contribution is 2.18. The van der Waals surface area contributed by atoms with Gasteiger partial charge in [-0.2, -0.15) is 0 Å². The minimum atomic E-state index is 0.511. The van der Waals surface area contributed by atoms with E-state index in [0.717, 1.165) is 16.5 Å². The van der Waals surface area contributed by atoms with Crippen molar-refractivity contribution in [2.24, 2.45) is 5.73 Å². The molecule has 0 aliphatic rings. The van der Waals surface area contributed by atoms with Gasteiger partial charge in [0.05, 0.1) is 0 Å². The van der Waals surface area contributed by atoms with Crippen LogP contribution in [-0.4, -0.2) is 11.5 Å². The standard InChI is InChI=1S/C7H8BrClN2/c8-6-4-11-7(9)3-5(6)1-2-10/h3-4H,1-2,10H2. The Bertz CT molecular complexity index is 252. The Balaban J connectivity index is 2.93. The summed E-state index contributed by atoms with van der Waals surface area (Å²) in [7, 11) is 0. The van der Waals surface area contributed by atoms with Crippen LogP contribution in [0, 0.1) is 0 Å². The molecule has 0 fully saturated rings. The summed E-state index contributed by atoms with van der Waals surface area (Å²) >= 11 is 9.03. The highest BCUT2D eigenvalue weighted by molar-refractivity contribution is 9.10. The van der Waals surface area contributed by atoms with Crippen molar-refractivity contribution in [1.29, 1.82) is 0 Å². The van der Waals surface area contributed by atoms with Crippen LogP contribution in [0.2, 0.25) is 5.15 Å².